The minimum absolute atomic E-state index is 0.0530. The predicted octanol–water partition coefficient (Wildman–Crippen LogP) is 3.08. The molecule has 0 saturated heterocycles. The average molecular weight is 467 g/mol. The van der Waals surface area contributed by atoms with E-state index in [-0.39, 0.29) is 22.3 Å². The number of anilines is 1. The van der Waals surface area contributed by atoms with Crippen molar-refractivity contribution in [2.75, 3.05) is 5.32 Å². The Morgan fingerprint density at radius 1 is 1.21 bits per heavy atom. The van der Waals surface area contributed by atoms with Gasteiger partial charge in [-0.05, 0) is 35.7 Å². The van der Waals surface area contributed by atoms with Crippen molar-refractivity contribution in [3.63, 3.8) is 0 Å². The van der Waals surface area contributed by atoms with Crippen molar-refractivity contribution in [2.24, 2.45) is 5.73 Å². The fraction of sp³-hybridized carbons (Fsp3) is 0.174. The molecular weight excluding hydrogens is 449 g/mol. The lowest BCUT2D eigenvalue weighted by atomic mass is 10.0. The maximum absolute atomic E-state index is 14.9. The number of primary amides is 1. The van der Waals surface area contributed by atoms with Crippen LogP contribution in [-0.4, -0.2) is 38.5 Å². The third-order valence-corrected chi connectivity index (χ3v) is 6.30. The third kappa shape index (κ3) is 3.70. The Hall–Kier alpha value is -3.85. The Kier molecular flexibility index (Phi) is 5.05. The lowest BCUT2D eigenvalue weighted by molar-refractivity contribution is -0.460. The number of H-pyrrole nitrogens is 1. The van der Waals surface area contributed by atoms with Crippen molar-refractivity contribution < 1.29 is 18.6 Å². The molecule has 4 N–H and O–H groups in total. The summed E-state index contributed by atoms with van der Waals surface area (Å²) in [4.78, 5) is 35.9. The number of carbonyl (C=O) groups is 2. The average Bonchev–Trinajstić information content (AvgIpc) is 3.11. The van der Waals surface area contributed by atoms with E-state index in [2.05, 4.69) is 15.5 Å². The van der Waals surface area contributed by atoms with Crippen LogP contribution >= 0.6 is 11.6 Å². The van der Waals surface area contributed by atoms with Crippen LogP contribution in [0.3, 0.4) is 0 Å². The van der Waals surface area contributed by atoms with Gasteiger partial charge in [-0.3, -0.25) is 9.59 Å². The van der Waals surface area contributed by atoms with Crippen LogP contribution in [0, 0.1) is 5.82 Å². The SMILES string of the molecule is NC(=O)c1ccc(-c2cc(F)c(NC(=O)[N+]3=C4CC[C@H]3Cc3cc(=O)[nH]nc34)cc2Cl)cc1. The highest BCUT2D eigenvalue weighted by Crippen LogP contribution is 2.33. The fourth-order valence-electron chi connectivity index (χ4n) is 4.44. The van der Waals surface area contributed by atoms with Crippen molar-refractivity contribution in [1.82, 2.24) is 10.2 Å². The monoisotopic (exact) mass is 466 g/mol. The second kappa shape index (κ2) is 7.93. The highest BCUT2D eigenvalue weighted by molar-refractivity contribution is 6.33. The smallest absolute Gasteiger partial charge is 0.366 e. The molecule has 2 aliphatic heterocycles. The highest BCUT2D eigenvalue weighted by atomic mass is 35.5. The van der Waals surface area contributed by atoms with Gasteiger partial charge in [0.2, 0.25) is 5.91 Å². The second-order valence-electron chi connectivity index (χ2n) is 8.00. The molecule has 166 valence electrons. The largest absolute Gasteiger partial charge is 0.496 e. The number of nitrogens with zero attached hydrogens (tertiary/aromatic N) is 2. The van der Waals surface area contributed by atoms with E-state index in [1.54, 1.807) is 16.7 Å². The molecule has 3 heterocycles. The first-order valence-electron chi connectivity index (χ1n) is 10.3. The number of nitrogens with one attached hydrogen (secondary N) is 2. The van der Waals surface area contributed by atoms with Crippen LogP contribution in [0.2, 0.25) is 5.02 Å². The number of carbonyl (C=O) groups excluding carboxylic acids is 2. The van der Waals surface area contributed by atoms with E-state index < -0.39 is 17.8 Å². The van der Waals surface area contributed by atoms with Gasteiger partial charge in [-0.15, -0.1) is 0 Å². The lowest BCUT2D eigenvalue weighted by Gasteiger charge is -2.18. The van der Waals surface area contributed by atoms with Gasteiger partial charge in [-0.2, -0.15) is 14.5 Å². The summed E-state index contributed by atoms with van der Waals surface area (Å²) >= 11 is 6.39. The van der Waals surface area contributed by atoms with Gasteiger partial charge >= 0.3 is 6.03 Å². The van der Waals surface area contributed by atoms with Crippen molar-refractivity contribution in [1.29, 1.82) is 0 Å². The number of fused-ring (bicyclic) bond motifs is 3. The summed E-state index contributed by atoms with van der Waals surface area (Å²) in [5.74, 6) is -1.22. The maximum Gasteiger partial charge on any atom is 0.496 e. The van der Waals surface area contributed by atoms with Gasteiger partial charge in [0.05, 0.1) is 5.02 Å². The Bertz CT molecular complexity index is 1410. The van der Waals surface area contributed by atoms with Crippen LogP contribution in [0.15, 0.2) is 47.3 Å². The van der Waals surface area contributed by atoms with E-state index in [0.717, 1.165) is 12.0 Å². The Morgan fingerprint density at radius 2 is 1.97 bits per heavy atom. The molecule has 2 bridgehead atoms. The lowest BCUT2D eigenvalue weighted by Crippen LogP contribution is -2.40. The van der Waals surface area contributed by atoms with Crippen LogP contribution in [0.1, 0.15) is 34.5 Å². The van der Waals surface area contributed by atoms with Crippen LogP contribution in [0.4, 0.5) is 14.9 Å². The maximum atomic E-state index is 14.9. The predicted molar refractivity (Wildman–Crippen MR) is 120 cm³/mol. The molecule has 2 aromatic carbocycles. The van der Waals surface area contributed by atoms with E-state index >= 15 is 0 Å². The van der Waals surface area contributed by atoms with E-state index in [9.17, 15) is 18.8 Å². The second-order valence-corrected chi connectivity index (χ2v) is 8.41. The standard InChI is InChI=1S/C23H17ClFN5O3/c24-16-10-18(17(25)9-15(16)11-1-3-12(4-2-11)22(26)32)27-23(33)30-14-5-6-19(30)21-13(7-14)8-20(31)28-29-21/h1-4,8-10,14H,5-7H2,(H3,26,27,32,33)/p+1/t14-/m0/s1. The Balaban J connectivity index is 1.44. The molecule has 3 amide bonds. The van der Waals surface area contributed by atoms with Gasteiger partial charge in [0.15, 0.2) is 11.5 Å². The number of aromatic nitrogens is 2. The number of nitrogens with two attached hydrogens (primary N) is 1. The number of benzene rings is 2. The van der Waals surface area contributed by atoms with E-state index in [1.807, 2.05) is 0 Å². The summed E-state index contributed by atoms with van der Waals surface area (Å²) in [6.07, 6.45) is 1.87. The van der Waals surface area contributed by atoms with Gasteiger partial charge in [0.1, 0.15) is 17.4 Å². The third-order valence-electron chi connectivity index (χ3n) is 5.98. The number of halogens is 2. The van der Waals surface area contributed by atoms with E-state index in [4.69, 9.17) is 17.3 Å². The Labute approximate surface area is 191 Å². The number of rotatable bonds is 3. The molecule has 0 saturated carbocycles. The molecule has 8 nitrogen and oxygen atoms in total. The molecule has 0 radical (unpaired) electrons. The molecule has 3 aromatic rings. The van der Waals surface area contributed by atoms with Gasteiger partial charge in [-0.25, -0.2) is 14.8 Å². The van der Waals surface area contributed by atoms with Crippen LogP contribution in [0.5, 0.6) is 0 Å². The minimum atomic E-state index is -0.654. The summed E-state index contributed by atoms with van der Waals surface area (Å²) in [6.45, 7) is 0. The number of urea groups is 1. The topological polar surface area (TPSA) is 121 Å². The van der Waals surface area contributed by atoms with Crippen molar-refractivity contribution >= 4 is 34.9 Å². The van der Waals surface area contributed by atoms with Crippen LogP contribution < -0.4 is 16.6 Å². The molecule has 1 aromatic heterocycles. The van der Waals surface area contributed by atoms with E-state index in [1.165, 1.54) is 30.3 Å². The summed E-state index contributed by atoms with van der Waals surface area (Å²) in [6, 6.07) is 9.78. The van der Waals surface area contributed by atoms with Gasteiger partial charge in [-0.1, -0.05) is 23.7 Å². The highest BCUT2D eigenvalue weighted by Gasteiger charge is 2.42. The quantitative estimate of drug-likeness (QED) is 0.513. The first-order valence-corrected chi connectivity index (χ1v) is 10.6. The molecule has 0 spiro atoms. The molecule has 0 aliphatic carbocycles. The minimum Gasteiger partial charge on any atom is -0.366 e. The zero-order chi connectivity index (χ0) is 23.3. The number of hydrogen-bond acceptors (Lipinski definition) is 4. The fourth-order valence-corrected chi connectivity index (χ4v) is 4.71. The zero-order valence-corrected chi connectivity index (χ0v) is 17.9. The van der Waals surface area contributed by atoms with Crippen molar-refractivity contribution in [2.45, 2.75) is 25.3 Å². The number of hydrogen-bond donors (Lipinski definition) is 3. The molecular formula is C23H18ClFN5O3+. The van der Waals surface area contributed by atoms with Gasteiger partial charge in [0.25, 0.3) is 5.56 Å². The summed E-state index contributed by atoms with van der Waals surface area (Å²) < 4.78 is 16.5. The van der Waals surface area contributed by atoms with Gasteiger partial charge in [0, 0.05) is 36.1 Å². The van der Waals surface area contributed by atoms with Gasteiger partial charge < -0.3 is 5.73 Å². The number of aromatic amines is 1. The molecule has 5 rings (SSSR count). The number of amides is 3. The molecule has 33 heavy (non-hydrogen) atoms. The molecule has 0 unspecified atom stereocenters. The van der Waals surface area contributed by atoms with Crippen molar-refractivity contribution in [3.05, 3.63) is 80.5 Å². The first kappa shape index (κ1) is 21.0. The first-order chi connectivity index (χ1) is 15.8. The van der Waals surface area contributed by atoms with Crippen molar-refractivity contribution in [3.8, 4) is 11.1 Å². The summed E-state index contributed by atoms with van der Waals surface area (Å²) in [7, 11) is 0. The zero-order valence-electron chi connectivity index (χ0n) is 17.2. The summed E-state index contributed by atoms with van der Waals surface area (Å²) in [5.41, 5.74) is 8.35. The van der Waals surface area contributed by atoms with E-state index in [0.29, 0.717) is 40.9 Å². The molecule has 1 atom stereocenters. The van der Waals surface area contributed by atoms with Crippen LogP contribution in [0.25, 0.3) is 11.1 Å². The molecule has 0 fully saturated rings. The summed E-state index contributed by atoms with van der Waals surface area (Å²) in [5, 5.41) is 9.37. The normalized spacial score (nSPS) is 16.5. The molecule has 10 heteroatoms. The Morgan fingerprint density at radius 3 is 2.70 bits per heavy atom. The van der Waals surface area contributed by atoms with Crippen LogP contribution in [-0.2, 0) is 6.42 Å². The molecule has 2 aliphatic rings.